The highest BCUT2D eigenvalue weighted by Crippen LogP contribution is 2.22. The zero-order valence-electron chi connectivity index (χ0n) is 16.5. The lowest BCUT2D eigenvalue weighted by Crippen LogP contribution is -2.23. The number of hydrogen-bond acceptors (Lipinski definition) is 3. The number of rotatable bonds is 6. The normalized spacial score (nSPS) is 10.8. The van der Waals surface area contributed by atoms with Gasteiger partial charge in [0, 0.05) is 35.4 Å². The van der Waals surface area contributed by atoms with Gasteiger partial charge < -0.3 is 10.1 Å². The van der Waals surface area contributed by atoms with Crippen LogP contribution in [0.5, 0.6) is 5.75 Å². The van der Waals surface area contributed by atoms with Gasteiger partial charge >= 0.3 is 0 Å². The highest BCUT2D eigenvalue weighted by molar-refractivity contribution is 6.31. The number of carbonyl (C=O) groups is 1. The van der Waals surface area contributed by atoms with E-state index in [4.69, 9.17) is 16.3 Å². The number of ether oxygens (including phenoxy) is 1. The minimum Gasteiger partial charge on any atom is -0.489 e. The van der Waals surface area contributed by atoms with Gasteiger partial charge in [-0.05, 0) is 62.2 Å². The van der Waals surface area contributed by atoms with Gasteiger partial charge in [-0.15, -0.1) is 0 Å². The van der Waals surface area contributed by atoms with Crippen LogP contribution in [0.2, 0.25) is 5.02 Å². The second-order valence-corrected chi connectivity index (χ2v) is 7.26. The van der Waals surface area contributed by atoms with Crippen LogP contribution in [0.3, 0.4) is 0 Å². The summed E-state index contributed by atoms with van der Waals surface area (Å²) >= 11 is 6.03. The third kappa shape index (κ3) is 4.54. The van der Waals surface area contributed by atoms with E-state index in [1.807, 2.05) is 75.0 Å². The molecule has 2 aromatic carbocycles. The van der Waals surface area contributed by atoms with Crippen LogP contribution in [0.1, 0.15) is 38.4 Å². The lowest BCUT2D eigenvalue weighted by atomic mass is 10.1. The summed E-state index contributed by atoms with van der Waals surface area (Å²) in [5.41, 5.74) is 5.63. The summed E-state index contributed by atoms with van der Waals surface area (Å²) in [6.07, 6.45) is 0. The molecule has 6 heteroatoms. The van der Waals surface area contributed by atoms with E-state index in [9.17, 15) is 4.79 Å². The molecule has 0 saturated carbocycles. The highest BCUT2D eigenvalue weighted by Gasteiger charge is 2.11. The number of amides is 1. The summed E-state index contributed by atoms with van der Waals surface area (Å²) in [6.45, 7) is 6.78. The Balaban J connectivity index is 1.57. The van der Waals surface area contributed by atoms with E-state index in [1.54, 1.807) is 0 Å². The zero-order valence-corrected chi connectivity index (χ0v) is 17.3. The number of benzene rings is 2. The average molecular weight is 398 g/mol. The fraction of sp³-hybridized carbons (Fsp3) is 0.273. The Morgan fingerprint density at radius 3 is 2.46 bits per heavy atom. The van der Waals surface area contributed by atoms with Crippen molar-refractivity contribution in [1.29, 1.82) is 0 Å². The Morgan fingerprint density at radius 1 is 1.14 bits per heavy atom. The first-order valence-corrected chi connectivity index (χ1v) is 9.48. The molecule has 3 rings (SSSR count). The maximum atomic E-state index is 12.4. The molecule has 1 amide bonds. The minimum absolute atomic E-state index is 0.108. The molecule has 0 aliphatic heterocycles. The molecule has 0 atom stereocenters. The predicted octanol–water partition coefficient (Wildman–Crippen LogP) is 4.51. The number of nitrogens with zero attached hydrogens (tertiary/aromatic N) is 2. The molecule has 0 spiro atoms. The van der Waals surface area contributed by atoms with E-state index < -0.39 is 0 Å². The van der Waals surface area contributed by atoms with Crippen molar-refractivity contribution < 1.29 is 9.53 Å². The second kappa shape index (κ2) is 8.48. The summed E-state index contributed by atoms with van der Waals surface area (Å²) in [5, 5.41) is 8.06. The van der Waals surface area contributed by atoms with E-state index in [2.05, 4.69) is 10.4 Å². The first kappa shape index (κ1) is 20.0. The van der Waals surface area contributed by atoms with Gasteiger partial charge in [0.05, 0.1) is 5.69 Å². The molecule has 0 unspecified atom stereocenters. The van der Waals surface area contributed by atoms with Crippen molar-refractivity contribution in [3.05, 3.63) is 81.1 Å². The van der Waals surface area contributed by atoms with Crippen LogP contribution in [0.4, 0.5) is 0 Å². The third-order valence-electron chi connectivity index (χ3n) is 4.84. The van der Waals surface area contributed by atoms with Gasteiger partial charge in [0.1, 0.15) is 12.4 Å². The van der Waals surface area contributed by atoms with Crippen LogP contribution in [0.25, 0.3) is 0 Å². The molecule has 28 heavy (non-hydrogen) atoms. The van der Waals surface area contributed by atoms with Gasteiger partial charge in [-0.3, -0.25) is 9.48 Å². The van der Waals surface area contributed by atoms with E-state index >= 15 is 0 Å². The van der Waals surface area contributed by atoms with Crippen molar-refractivity contribution in [1.82, 2.24) is 15.1 Å². The number of carbonyl (C=O) groups excluding carboxylic acids is 1. The Labute approximate surface area is 170 Å². The van der Waals surface area contributed by atoms with E-state index in [1.165, 1.54) is 0 Å². The smallest absolute Gasteiger partial charge is 0.251 e. The molecule has 3 aromatic rings. The van der Waals surface area contributed by atoms with E-state index in [-0.39, 0.29) is 5.91 Å². The number of hydrogen-bond donors (Lipinski definition) is 1. The number of nitrogens with one attached hydrogen (secondary N) is 1. The molecule has 0 aliphatic rings. The van der Waals surface area contributed by atoms with Gasteiger partial charge in [-0.25, -0.2) is 0 Å². The number of aromatic nitrogens is 2. The standard InChI is InChI=1S/C22H24ClN3O2/c1-14-11-19(9-10-21(14)23)28-13-17-5-7-18(8-6-17)22(27)24-12-20-15(2)25-26(4)16(20)3/h5-11H,12-13H2,1-4H3,(H,24,27). The maximum Gasteiger partial charge on any atom is 0.251 e. The molecule has 0 aliphatic carbocycles. The predicted molar refractivity (Wildman–Crippen MR) is 111 cm³/mol. The fourth-order valence-electron chi connectivity index (χ4n) is 2.97. The average Bonchev–Trinajstić information content (AvgIpc) is 2.92. The Kier molecular flexibility index (Phi) is 6.05. The second-order valence-electron chi connectivity index (χ2n) is 6.85. The van der Waals surface area contributed by atoms with Crippen molar-refractivity contribution in [2.75, 3.05) is 0 Å². The highest BCUT2D eigenvalue weighted by atomic mass is 35.5. The molecule has 0 radical (unpaired) electrons. The van der Waals surface area contributed by atoms with Crippen LogP contribution in [0, 0.1) is 20.8 Å². The molecule has 1 aromatic heterocycles. The van der Waals surface area contributed by atoms with Crippen molar-refractivity contribution in [3.63, 3.8) is 0 Å². The summed E-state index contributed by atoms with van der Waals surface area (Å²) in [5.74, 6) is 0.661. The Morgan fingerprint density at radius 2 is 1.86 bits per heavy atom. The summed E-state index contributed by atoms with van der Waals surface area (Å²) in [4.78, 5) is 12.4. The SMILES string of the molecule is Cc1cc(OCc2ccc(C(=O)NCc3c(C)nn(C)c3C)cc2)ccc1Cl. The molecule has 1 heterocycles. The van der Waals surface area contributed by atoms with Crippen molar-refractivity contribution in [2.24, 2.45) is 7.05 Å². The Hall–Kier alpha value is -2.79. The van der Waals surface area contributed by atoms with Crippen molar-refractivity contribution in [3.8, 4) is 5.75 Å². The first-order valence-electron chi connectivity index (χ1n) is 9.10. The summed E-state index contributed by atoms with van der Waals surface area (Å²) in [7, 11) is 1.90. The van der Waals surface area contributed by atoms with Gasteiger partial charge in [-0.2, -0.15) is 5.10 Å². The molecule has 5 nitrogen and oxygen atoms in total. The lowest BCUT2D eigenvalue weighted by Gasteiger charge is -2.09. The Bertz CT molecular complexity index is 994. The molecule has 1 N–H and O–H groups in total. The van der Waals surface area contributed by atoms with Gasteiger partial charge in [0.25, 0.3) is 5.91 Å². The lowest BCUT2D eigenvalue weighted by molar-refractivity contribution is 0.0951. The van der Waals surface area contributed by atoms with Crippen molar-refractivity contribution >= 4 is 17.5 Å². The van der Waals surface area contributed by atoms with Crippen molar-refractivity contribution in [2.45, 2.75) is 33.9 Å². The topological polar surface area (TPSA) is 56.1 Å². The first-order chi connectivity index (χ1) is 13.3. The quantitative estimate of drug-likeness (QED) is 0.665. The van der Waals surface area contributed by atoms with Crippen LogP contribution in [-0.4, -0.2) is 15.7 Å². The molecule has 146 valence electrons. The largest absolute Gasteiger partial charge is 0.489 e. The monoisotopic (exact) mass is 397 g/mol. The van der Waals surface area contributed by atoms with Crippen LogP contribution >= 0.6 is 11.6 Å². The van der Waals surface area contributed by atoms with E-state index in [0.29, 0.717) is 18.7 Å². The van der Waals surface area contributed by atoms with Crippen LogP contribution in [-0.2, 0) is 20.2 Å². The van der Waals surface area contributed by atoms with Gasteiger partial charge in [-0.1, -0.05) is 23.7 Å². The van der Waals surface area contributed by atoms with Crippen LogP contribution in [0.15, 0.2) is 42.5 Å². The molecular formula is C22H24ClN3O2. The minimum atomic E-state index is -0.108. The maximum absolute atomic E-state index is 12.4. The molecule has 0 saturated heterocycles. The summed E-state index contributed by atoms with van der Waals surface area (Å²) in [6, 6.07) is 13.0. The fourth-order valence-corrected chi connectivity index (χ4v) is 3.09. The number of halogens is 1. The zero-order chi connectivity index (χ0) is 20.3. The van der Waals surface area contributed by atoms with Gasteiger partial charge in [0.2, 0.25) is 0 Å². The summed E-state index contributed by atoms with van der Waals surface area (Å²) < 4.78 is 7.62. The van der Waals surface area contributed by atoms with E-state index in [0.717, 1.165) is 38.9 Å². The molecule has 0 bridgehead atoms. The molecular weight excluding hydrogens is 374 g/mol. The van der Waals surface area contributed by atoms with Crippen LogP contribution < -0.4 is 10.1 Å². The number of aryl methyl sites for hydroxylation is 3. The third-order valence-corrected chi connectivity index (χ3v) is 5.26. The van der Waals surface area contributed by atoms with Gasteiger partial charge in [0.15, 0.2) is 0 Å². The molecule has 0 fully saturated rings.